The molecule has 0 amide bonds. The Balaban J connectivity index is 1.91. The Bertz CT molecular complexity index is 304. The van der Waals surface area contributed by atoms with E-state index in [9.17, 15) is 0 Å². The van der Waals surface area contributed by atoms with Crippen molar-refractivity contribution in [3.05, 3.63) is 18.3 Å². The van der Waals surface area contributed by atoms with Gasteiger partial charge >= 0.3 is 0 Å². The summed E-state index contributed by atoms with van der Waals surface area (Å²) < 4.78 is 5.48. The molecule has 0 spiro atoms. The highest BCUT2D eigenvalue weighted by molar-refractivity contribution is 5.43. The van der Waals surface area contributed by atoms with Crippen LogP contribution in [0.3, 0.4) is 0 Å². The van der Waals surface area contributed by atoms with Gasteiger partial charge in [-0.25, -0.2) is 4.98 Å². The standard InChI is InChI=1S/C12H18N2O/c1-9(2)15-12-7-6-11(8-13-12)14-10-4-3-5-10/h6-10,14H,3-5H2,1-2H3. The molecule has 0 bridgehead atoms. The second-order valence-corrected chi connectivity index (χ2v) is 4.32. The highest BCUT2D eigenvalue weighted by Gasteiger charge is 2.16. The molecular formula is C12H18N2O. The second-order valence-electron chi connectivity index (χ2n) is 4.32. The van der Waals surface area contributed by atoms with Crippen LogP contribution in [0.5, 0.6) is 5.88 Å². The van der Waals surface area contributed by atoms with Crippen LogP contribution in [0, 0.1) is 0 Å². The van der Waals surface area contributed by atoms with E-state index < -0.39 is 0 Å². The first kappa shape index (κ1) is 10.3. The predicted molar refractivity (Wildman–Crippen MR) is 61.3 cm³/mol. The molecule has 3 heteroatoms. The van der Waals surface area contributed by atoms with Crippen molar-refractivity contribution in [3.63, 3.8) is 0 Å². The van der Waals surface area contributed by atoms with Crippen LogP contribution in [0.15, 0.2) is 18.3 Å². The monoisotopic (exact) mass is 206 g/mol. The van der Waals surface area contributed by atoms with Gasteiger partial charge in [-0.05, 0) is 39.2 Å². The van der Waals surface area contributed by atoms with E-state index in [1.807, 2.05) is 32.2 Å². The van der Waals surface area contributed by atoms with Gasteiger partial charge in [0.05, 0.1) is 18.0 Å². The van der Waals surface area contributed by atoms with Crippen LogP contribution in [0.1, 0.15) is 33.1 Å². The third-order valence-corrected chi connectivity index (χ3v) is 2.57. The minimum absolute atomic E-state index is 0.183. The fourth-order valence-corrected chi connectivity index (χ4v) is 1.57. The number of hydrogen-bond acceptors (Lipinski definition) is 3. The van der Waals surface area contributed by atoms with Crippen LogP contribution in [-0.2, 0) is 0 Å². The topological polar surface area (TPSA) is 34.1 Å². The molecule has 0 aromatic carbocycles. The molecule has 1 aromatic rings. The van der Waals surface area contributed by atoms with Crippen molar-refractivity contribution in [2.45, 2.75) is 45.3 Å². The van der Waals surface area contributed by atoms with Crippen molar-refractivity contribution in [3.8, 4) is 5.88 Å². The van der Waals surface area contributed by atoms with E-state index in [4.69, 9.17) is 4.74 Å². The maximum Gasteiger partial charge on any atom is 0.213 e. The summed E-state index contributed by atoms with van der Waals surface area (Å²) in [5.41, 5.74) is 1.09. The minimum Gasteiger partial charge on any atom is -0.475 e. The summed E-state index contributed by atoms with van der Waals surface area (Å²) in [5.74, 6) is 0.698. The van der Waals surface area contributed by atoms with Crippen molar-refractivity contribution in [1.29, 1.82) is 0 Å². The van der Waals surface area contributed by atoms with Crippen LogP contribution in [0.4, 0.5) is 5.69 Å². The van der Waals surface area contributed by atoms with E-state index in [1.165, 1.54) is 19.3 Å². The van der Waals surface area contributed by atoms with Crippen LogP contribution in [0.2, 0.25) is 0 Å². The van der Waals surface area contributed by atoms with Crippen molar-refractivity contribution in [1.82, 2.24) is 4.98 Å². The summed E-state index contributed by atoms with van der Waals surface area (Å²) in [6.45, 7) is 4.00. The number of anilines is 1. The minimum atomic E-state index is 0.183. The van der Waals surface area contributed by atoms with E-state index in [1.54, 1.807) is 0 Å². The third kappa shape index (κ3) is 2.85. The zero-order chi connectivity index (χ0) is 10.7. The predicted octanol–water partition coefficient (Wildman–Crippen LogP) is 2.83. The van der Waals surface area contributed by atoms with Crippen LogP contribution in [-0.4, -0.2) is 17.1 Å². The molecule has 0 saturated heterocycles. The summed E-state index contributed by atoms with van der Waals surface area (Å²) in [6.07, 6.45) is 5.94. The fraction of sp³-hybridized carbons (Fsp3) is 0.583. The highest BCUT2D eigenvalue weighted by Crippen LogP contribution is 2.23. The lowest BCUT2D eigenvalue weighted by Gasteiger charge is -2.27. The van der Waals surface area contributed by atoms with Gasteiger partial charge in [0.2, 0.25) is 5.88 Å². The molecule has 82 valence electrons. The Labute approximate surface area is 90.9 Å². The summed E-state index contributed by atoms with van der Waals surface area (Å²) in [5, 5.41) is 3.44. The highest BCUT2D eigenvalue weighted by atomic mass is 16.5. The molecule has 2 rings (SSSR count). The van der Waals surface area contributed by atoms with Gasteiger partial charge in [0.1, 0.15) is 0 Å². The zero-order valence-electron chi connectivity index (χ0n) is 9.36. The van der Waals surface area contributed by atoms with Gasteiger partial charge in [-0.1, -0.05) is 0 Å². The van der Waals surface area contributed by atoms with Crippen molar-refractivity contribution < 1.29 is 4.74 Å². The van der Waals surface area contributed by atoms with Crippen molar-refractivity contribution in [2.24, 2.45) is 0 Å². The van der Waals surface area contributed by atoms with E-state index in [-0.39, 0.29) is 6.10 Å². The number of pyridine rings is 1. The fourth-order valence-electron chi connectivity index (χ4n) is 1.57. The Kier molecular flexibility index (Phi) is 3.09. The van der Waals surface area contributed by atoms with E-state index in [2.05, 4.69) is 10.3 Å². The summed E-state index contributed by atoms with van der Waals surface area (Å²) in [6, 6.07) is 4.60. The molecule has 3 nitrogen and oxygen atoms in total. The van der Waals surface area contributed by atoms with Crippen LogP contribution >= 0.6 is 0 Å². The molecule has 1 N–H and O–H groups in total. The van der Waals surface area contributed by atoms with Gasteiger partial charge in [0.15, 0.2) is 0 Å². The van der Waals surface area contributed by atoms with Crippen LogP contribution in [0.25, 0.3) is 0 Å². The maximum absolute atomic E-state index is 5.48. The van der Waals surface area contributed by atoms with E-state index >= 15 is 0 Å². The molecule has 0 aliphatic heterocycles. The molecule has 1 aliphatic carbocycles. The molecule has 0 radical (unpaired) electrons. The average Bonchev–Trinajstić information content (AvgIpc) is 2.13. The van der Waals surface area contributed by atoms with Crippen molar-refractivity contribution >= 4 is 5.69 Å². The summed E-state index contributed by atoms with van der Waals surface area (Å²) in [7, 11) is 0. The quantitative estimate of drug-likeness (QED) is 0.822. The third-order valence-electron chi connectivity index (χ3n) is 2.57. The Morgan fingerprint density at radius 2 is 2.20 bits per heavy atom. The lowest BCUT2D eigenvalue weighted by atomic mass is 9.93. The number of rotatable bonds is 4. The first-order chi connectivity index (χ1) is 7.24. The maximum atomic E-state index is 5.48. The smallest absolute Gasteiger partial charge is 0.213 e. The number of ether oxygens (including phenoxy) is 1. The Morgan fingerprint density at radius 3 is 2.67 bits per heavy atom. The number of aromatic nitrogens is 1. The van der Waals surface area contributed by atoms with E-state index in [0.29, 0.717) is 11.9 Å². The first-order valence-corrected chi connectivity index (χ1v) is 5.63. The molecule has 1 aliphatic rings. The second kappa shape index (κ2) is 4.51. The number of nitrogens with one attached hydrogen (secondary N) is 1. The molecule has 15 heavy (non-hydrogen) atoms. The van der Waals surface area contributed by atoms with Gasteiger partial charge in [-0.15, -0.1) is 0 Å². The molecule has 0 atom stereocenters. The molecule has 1 saturated carbocycles. The Hall–Kier alpha value is -1.25. The molecule has 1 fully saturated rings. The van der Waals surface area contributed by atoms with E-state index in [0.717, 1.165) is 5.69 Å². The first-order valence-electron chi connectivity index (χ1n) is 5.63. The molecule has 0 unspecified atom stereocenters. The molecule has 1 heterocycles. The van der Waals surface area contributed by atoms with Gasteiger partial charge in [-0.2, -0.15) is 0 Å². The number of hydrogen-bond donors (Lipinski definition) is 1. The lowest BCUT2D eigenvalue weighted by molar-refractivity contribution is 0.232. The van der Waals surface area contributed by atoms with Gasteiger partial charge < -0.3 is 10.1 Å². The average molecular weight is 206 g/mol. The van der Waals surface area contributed by atoms with Gasteiger partial charge in [0, 0.05) is 12.1 Å². The SMILES string of the molecule is CC(C)Oc1ccc(NC2CCC2)cn1. The normalized spacial score (nSPS) is 16.2. The summed E-state index contributed by atoms with van der Waals surface area (Å²) >= 11 is 0. The largest absolute Gasteiger partial charge is 0.475 e. The lowest BCUT2D eigenvalue weighted by Crippen LogP contribution is -2.26. The van der Waals surface area contributed by atoms with Crippen LogP contribution < -0.4 is 10.1 Å². The molecule has 1 aromatic heterocycles. The van der Waals surface area contributed by atoms with Crippen molar-refractivity contribution in [2.75, 3.05) is 5.32 Å². The number of nitrogens with zero attached hydrogens (tertiary/aromatic N) is 1. The van der Waals surface area contributed by atoms with Gasteiger partial charge in [0.25, 0.3) is 0 Å². The van der Waals surface area contributed by atoms with Gasteiger partial charge in [-0.3, -0.25) is 0 Å². The zero-order valence-corrected chi connectivity index (χ0v) is 9.36. The Morgan fingerprint density at radius 1 is 1.40 bits per heavy atom. The summed E-state index contributed by atoms with van der Waals surface area (Å²) in [4.78, 5) is 4.25. The molecular weight excluding hydrogens is 188 g/mol.